The Hall–Kier alpha value is -5.13. The predicted molar refractivity (Wildman–Crippen MR) is 142 cm³/mol. The molecule has 0 bridgehead atoms. The lowest BCUT2D eigenvalue weighted by molar-refractivity contribution is -0.142. The third-order valence-corrected chi connectivity index (χ3v) is 6.09. The van der Waals surface area contributed by atoms with E-state index in [1.165, 1.54) is 23.1 Å². The van der Waals surface area contributed by atoms with Crippen LogP contribution in [0, 0.1) is 5.82 Å². The Kier molecular flexibility index (Phi) is 7.47. The third-order valence-electron chi connectivity index (χ3n) is 6.09. The van der Waals surface area contributed by atoms with Gasteiger partial charge in [-0.05, 0) is 55.0 Å². The van der Waals surface area contributed by atoms with Gasteiger partial charge in [0.25, 0.3) is 5.91 Å². The Morgan fingerprint density at radius 1 is 0.976 bits per heavy atom. The highest BCUT2D eigenvalue weighted by Gasteiger charge is 2.36. The summed E-state index contributed by atoms with van der Waals surface area (Å²) in [7, 11) is 0. The number of amides is 1. The molecule has 0 aliphatic carbocycles. The van der Waals surface area contributed by atoms with Crippen LogP contribution in [0.2, 0.25) is 0 Å². The van der Waals surface area contributed by atoms with Gasteiger partial charge >= 0.3 is 12.1 Å². The van der Waals surface area contributed by atoms with Crippen LogP contribution >= 0.6 is 0 Å². The average Bonchev–Trinajstić information content (AvgIpc) is 3.30. The first-order valence-electron chi connectivity index (χ1n) is 12.4. The minimum atomic E-state index is -4.92. The van der Waals surface area contributed by atoms with Crippen LogP contribution in [0.4, 0.5) is 23.4 Å². The molecular formula is C29H21F4N5O3. The maximum atomic E-state index is 15.1. The van der Waals surface area contributed by atoms with Gasteiger partial charge in [0.1, 0.15) is 11.6 Å². The van der Waals surface area contributed by atoms with Crippen LogP contribution in [0.25, 0.3) is 28.0 Å². The number of hydrogen-bond acceptors (Lipinski definition) is 6. The fraction of sp³-hybridized carbons (Fsp3) is 0.138. The Labute approximate surface area is 230 Å². The second kappa shape index (κ2) is 11.2. The number of anilines is 1. The summed E-state index contributed by atoms with van der Waals surface area (Å²) in [6.07, 6.45) is -2.43. The maximum Gasteiger partial charge on any atom is 0.417 e. The molecule has 0 saturated heterocycles. The third kappa shape index (κ3) is 5.76. The molecule has 0 fully saturated rings. The number of para-hydroxylation sites is 1. The molecule has 5 rings (SSSR count). The lowest BCUT2D eigenvalue weighted by Gasteiger charge is -2.15. The van der Waals surface area contributed by atoms with Crippen LogP contribution in [0.1, 0.15) is 28.4 Å². The molecule has 1 amide bonds. The van der Waals surface area contributed by atoms with E-state index in [0.29, 0.717) is 22.2 Å². The molecular weight excluding hydrogens is 542 g/mol. The van der Waals surface area contributed by atoms with Crippen molar-refractivity contribution in [2.45, 2.75) is 19.5 Å². The van der Waals surface area contributed by atoms with Crippen molar-refractivity contribution < 1.29 is 31.9 Å². The monoisotopic (exact) mass is 563 g/mol. The van der Waals surface area contributed by atoms with Gasteiger partial charge in [-0.15, -0.1) is 0 Å². The van der Waals surface area contributed by atoms with Crippen LogP contribution in [-0.4, -0.2) is 38.2 Å². The van der Waals surface area contributed by atoms with Gasteiger partial charge in [0, 0.05) is 23.3 Å². The minimum Gasteiger partial charge on any atom is -0.466 e. The summed E-state index contributed by atoms with van der Waals surface area (Å²) >= 11 is 0. The summed E-state index contributed by atoms with van der Waals surface area (Å²) < 4.78 is 62.8. The van der Waals surface area contributed by atoms with E-state index in [0.717, 1.165) is 6.07 Å². The van der Waals surface area contributed by atoms with Gasteiger partial charge in [-0.2, -0.15) is 18.3 Å². The van der Waals surface area contributed by atoms with E-state index >= 15 is 4.39 Å². The first-order chi connectivity index (χ1) is 19.7. The second-order valence-electron chi connectivity index (χ2n) is 8.83. The quantitative estimate of drug-likeness (QED) is 0.193. The van der Waals surface area contributed by atoms with Gasteiger partial charge in [-0.3, -0.25) is 9.59 Å². The molecule has 3 aromatic carbocycles. The van der Waals surface area contributed by atoms with Crippen molar-refractivity contribution in [2.24, 2.45) is 0 Å². The molecule has 5 aromatic rings. The predicted octanol–water partition coefficient (Wildman–Crippen LogP) is 6.00. The highest BCUT2D eigenvalue weighted by molar-refractivity contribution is 6.09. The number of esters is 1. The molecule has 12 heteroatoms. The first kappa shape index (κ1) is 27.4. The number of carbonyl (C=O) groups excluding carboxylic acids is 2. The minimum absolute atomic E-state index is 0.00473. The van der Waals surface area contributed by atoms with Gasteiger partial charge in [0.15, 0.2) is 5.82 Å². The summed E-state index contributed by atoms with van der Waals surface area (Å²) in [5.41, 5.74) is -0.920. The summed E-state index contributed by atoms with van der Waals surface area (Å²) in [6.45, 7) is 1.94. The van der Waals surface area contributed by atoms with Crippen molar-refractivity contribution in [3.8, 4) is 17.1 Å². The molecule has 2 aromatic heterocycles. The number of nitrogens with zero attached hydrogens (tertiary/aromatic N) is 4. The summed E-state index contributed by atoms with van der Waals surface area (Å²) in [5.74, 6) is -2.97. The summed E-state index contributed by atoms with van der Waals surface area (Å²) in [5, 5.41) is 7.63. The Morgan fingerprint density at radius 2 is 1.71 bits per heavy atom. The molecule has 8 nitrogen and oxygen atoms in total. The molecule has 0 saturated carbocycles. The number of ether oxygens (including phenoxy) is 1. The molecule has 41 heavy (non-hydrogen) atoms. The Balaban J connectivity index is 1.59. The van der Waals surface area contributed by atoms with Gasteiger partial charge < -0.3 is 10.1 Å². The molecule has 2 heterocycles. The number of fused-ring (bicyclic) bond motifs is 1. The largest absolute Gasteiger partial charge is 0.466 e. The molecule has 208 valence electrons. The van der Waals surface area contributed by atoms with E-state index < -0.39 is 40.6 Å². The van der Waals surface area contributed by atoms with Crippen LogP contribution in [-0.2, 0) is 22.1 Å². The fourth-order valence-electron chi connectivity index (χ4n) is 4.28. The van der Waals surface area contributed by atoms with Crippen LogP contribution in [0.5, 0.6) is 0 Å². The van der Waals surface area contributed by atoms with Crippen molar-refractivity contribution in [1.82, 2.24) is 19.7 Å². The maximum absolute atomic E-state index is 15.1. The van der Waals surface area contributed by atoms with Crippen molar-refractivity contribution >= 4 is 28.6 Å². The Morgan fingerprint density at radius 3 is 2.39 bits per heavy atom. The number of rotatable bonds is 7. The van der Waals surface area contributed by atoms with Crippen molar-refractivity contribution in [3.05, 3.63) is 102 Å². The smallest absolute Gasteiger partial charge is 0.417 e. The summed E-state index contributed by atoms with van der Waals surface area (Å²) in [6, 6.07) is 16.2. The van der Waals surface area contributed by atoms with E-state index in [9.17, 15) is 22.8 Å². The molecule has 0 aliphatic rings. The van der Waals surface area contributed by atoms with Gasteiger partial charge in [0.05, 0.1) is 35.4 Å². The molecule has 0 unspecified atom stereocenters. The van der Waals surface area contributed by atoms with Crippen molar-refractivity contribution in [2.75, 3.05) is 11.9 Å². The van der Waals surface area contributed by atoms with Gasteiger partial charge in [0.2, 0.25) is 0 Å². The highest BCUT2D eigenvalue weighted by atomic mass is 19.4. The fourth-order valence-corrected chi connectivity index (χ4v) is 4.28. The van der Waals surface area contributed by atoms with E-state index in [4.69, 9.17) is 4.74 Å². The molecule has 0 spiro atoms. The van der Waals surface area contributed by atoms with E-state index in [-0.39, 0.29) is 30.7 Å². The number of hydrogen-bond donors (Lipinski definition) is 1. The number of nitrogens with one attached hydrogen (secondary N) is 1. The molecule has 0 atom stereocenters. The number of benzene rings is 3. The zero-order chi connectivity index (χ0) is 29.1. The standard InChI is InChI=1S/C29H21F4N5O3/c1-2-41-25(39)14-17-9-10-19-24(13-17)37-38(18-7-4-3-5-8-18)27(19)36-28(40)21-15-20(26-34-11-6-12-35-26)22(16-23(21)30)29(31,32)33/h3-13,15-16H,2,14H2,1H3,(H,36,40). The molecule has 0 aliphatic heterocycles. The van der Waals surface area contributed by atoms with Crippen LogP contribution in [0.15, 0.2) is 79.1 Å². The first-order valence-corrected chi connectivity index (χ1v) is 12.4. The lowest BCUT2D eigenvalue weighted by Crippen LogP contribution is -2.18. The zero-order valence-corrected chi connectivity index (χ0v) is 21.4. The number of aromatic nitrogens is 4. The summed E-state index contributed by atoms with van der Waals surface area (Å²) in [4.78, 5) is 33.1. The normalized spacial score (nSPS) is 11.4. The van der Waals surface area contributed by atoms with E-state index in [1.807, 2.05) is 0 Å². The van der Waals surface area contributed by atoms with Crippen molar-refractivity contribution in [1.29, 1.82) is 0 Å². The van der Waals surface area contributed by atoms with E-state index in [1.54, 1.807) is 55.5 Å². The van der Waals surface area contributed by atoms with Gasteiger partial charge in [-0.1, -0.05) is 24.3 Å². The Bertz CT molecular complexity index is 1740. The molecule has 1 N–H and O–H groups in total. The van der Waals surface area contributed by atoms with E-state index in [2.05, 4.69) is 20.4 Å². The SMILES string of the molecule is CCOC(=O)Cc1ccc2c(NC(=O)c3cc(-c4ncccn4)c(C(F)(F)F)cc3F)n(-c3ccccc3)nc2c1. The van der Waals surface area contributed by atoms with Gasteiger partial charge in [-0.25, -0.2) is 19.0 Å². The molecule has 0 radical (unpaired) electrons. The number of halogens is 4. The second-order valence-corrected chi connectivity index (χ2v) is 8.83. The highest BCUT2D eigenvalue weighted by Crippen LogP contribution is 2.38. The van der Waals surface area contributed by atoms with Crippen LogP contribution < -0.4 is 5.32 Å². The number of carbonyl (C=O) groups is 2. The average molecular weight is 564 g/mol. The van der Waals surface area contributed by atoms with Crippen molar-refractivity contribution in [3.63, 3.8) is 0 Å². The van der Waals surface area contributed by atoms with Crippen LogP contribution in [0.3, 0.4) is 0 Å². The number of alkyl halides is 3. The lowest BCUT2D eigenvalue weighted by atomic mass is 10.0. The zero-order valence-electron chi connectivity index (χ0n) is 21.4. The topological polar surface area (TPSA) is 99.0 Å².